The smallest absolute Gasteiger partial charge is 0.341 e. The first-order valence-corrected chi connectivity index (χ1v) is 6.81. The maximum absolute atomic E-state index is 11.7. The van der Waals surface area contributed by atoms with Gasteiger partial charge in [0.15, 0.2) is 0 Å². The lowest BCUT2D eigenvalue weighted by molar-refractivity contribution is 0.0595. The fraction of sp³-hybridized carbons (Fsp3) is 0.133. The Morgan fingerprint density at radius 1 is 1.19 bits per heavy atom. The normalized spacial score (nSPS) is 10.2. The second-order valence-corrected chi connectivity index (χ2v) is 5.12. The predicted molar refractivity (Wildman–Crippen MR) is 83.0 cm³/mol. The molecule has 0 spiro atoms. The van der Waals surface area contributed by atoms with E-state index in [2.05, 4.69) is 0 Å². The van der Waals surface area contributed by atoms with Gasteiger partial charge in [0.25, 0.3) is 0 Å². The van der Waals surface area contributed by atoms with Gasteiger partial charge in [0.2, 0.25) is 0 Å². The Morgan fingerprint density at radius 2 is 1.95 bits per heavy atom. The van der Waals surface area contributed by atoms with Crippen molar-refractivity contribution in [3.8, 4) is 5.75 Å². The number of nitrogen functional groups attached to an aromatic ring is 1. The summed E-state index contributed by atoms with van der Waals surface area (Å²) in [7, 11) is 1.29. The standard InChI is InChI=1S/C15H13Cl2NO3/c1-20-15(19)12-7-11(18)3-5-14(12)21-8-9-6-10(16)2-4-13(9)17/h2-7H,8,18H2,1H3. The highest BCUT2D eigenvalue weighted by Crippen LogP contribution is 2.26. The van der Waals surface area contributed by atoms with E-state index in [9.17, 15) is 4.79 Å². The molecule has 4 nitrogen and oxygen atoms in total. The molecule has 0 bridgehead atoms. The summed E-state index contributed by atoms with van der Waals surface area (Å²) in [5.41, 5.74) is 7.10. The number of ether oxygens (including phenoxy) is 2. The molecular formula is C15H13Cl2NO3. The molecule has 0 aliphatic heterocycles. The van der Waals surface area contributed by atoms with Crippen molar-refractivity contribution < 1.29 is 14.3 Å². The summed E-state index contributed by atoms with van der Waals surface area (Å²) in [5.74, 6) is -0.151. The molecule has 2 aromatic carbocycles. The lowest BCUT2D eigenvalue weighted by Crippen LogP contribution is -2.07. The molecule has 0 unspecified atom stereocenters. The van der Waals surface area contributed by atoms with Crippen LogP contribution in [0.2, 0.25) is 10.0 Å². The van der Waals surface area contributed by atoms with Crippen molar-refractivity contribution in [1.82, 2.24) is 0 Å². The largest absolute Gasteiger partial charge is 0.488 e. The Morgan fingerprint density at radius 3 is 2.67 bits per heavy atom. The number of esters is 1. The maximum Gasteiger partial charge on any atom is 0.341 e. The zero-order valence-electron chi connectivity index (χ0n) is 11.2. The van der Waals surface area contributed by atoms with E-state index in [1.54, 1.807) is 30.3 Å². The van der Waals surface area contributed by atoms with Gasteiger partial charge in [-0.1, -0.05) is 23.2 Å². The number of methoxy groups -OCH3 is 1. The molecule has 0 saturated heterocycles. The Bertz CT molecular complexity index is 674. The minimum Gasteiger partial charge on any atom is -0.488 e. The molecule has 0 aliphatic carbocycles. The summed E-state index contributed by atoms with van der Waals surface area (Å²) >= 11 is 12.0. The molecule has 2 rings (SSSR count). The molecule has 0 saturated carbocycles. The Labute approximate surface area is 132 Å². The van der Waals surface area contributed by atoms with Gasteiger partial charge in [0.1, 0.15) is 17.9 Å². The van der Waals surface area contributed by atoms with Crippen LogP contribution in [0.1, 0.15) is 15.9 Å². The van der Waals surface area contributed by atoms with Crippen LogP contribution in [0.15, 0.2) is 36.4 Å². The molecular weight excluding hydrogens is 313 g/mol. The van der Waals surface area contributed by atoms with E-state index in [1.807, 2.05) is 0 Å². The second kappa shape index (κ2) is 6.70. The van der Waals surface area contributed by atoms with Crippen LogP contribution < -0.4 is 10.5 Å². The molecule has 0 heterocycles. The molecule has 0 aliphatic rings. The summed E-state index contributed by atoms with van der Waals surface area (Å²) in [4.78, 5) is 11.7. The van der Waals surface area contributed by atoms with E-state index in [4.69, 9.17) is 38.4 Å². The van der Waals surface area contributed by atoms with E-state index in [0.29, 0.717) is 21.5 Å². The summed E-state index contributed by atoms with van der Waals surface area (Å²) in [6.45, 7) is 0.174. The first kappa shape index (κ1) is 15.5. The van der Waals surface area contributed by atoms with Crippen molar-refractivity contribution in [1.29, 1.82) is 0 Å². The molecule has 0 fully saturated rings. The van der Waals surface area contributed by atoms with Crippen molar-refractivity contribution in [2.75, 3.05) is 12.8 Å². The van der Waals surface area contributed by atoms with Gasteiger partial charge in [-0.15, -0.1) is 0 Å². The van der Waals surface area contributed by atoms with E-state index < -0.39 is 5.97 Å². The summed E-state index contributed by atoms with van der Waals surface area (Å²) in [6, 6.07) is 9.84. The van der Waals surface area contributed by atoms with Crippen molar-refractivity contribution in [3.63, 3.8) is 0 Å². The van der Waals surface area contributed by atoms with Gasteiger partial charge in [-0.25, -0.2) is 4.79 Å². The number of carbonyl (C=O) groups is 1. The number of rotatable bonds is 4. The van der Waals surface area contributed by atoms with Crippen LogP contribution in [-0.4, -0.2) is 13.1 Å². The second-order valence-electron chi connectivity index (χ2n) is 4.27. The van der Waals surface area contributed by atoms with Crippen LogP contribution in [0, 0.1) is 0 Å². The van der Waals surface area contributed by atoms with Crippen LogP contribution >= 0.6 is 23.2 Å². The summed E-state index contributed by atoms with van der Waals surface area (Å²) in [6.07, 6.45) is 0. The quantitative estimate of drug-likeness (QED) is 0.683. The van der Waals surface area contributed by atoms with Crippen LogP contribution in [0.3, 0.4) is 0 Å². The molecule has 6 heteroatoms. The Kier molecular flexibility index (Phi) is 4.94. The summed E-state index contributed by atoms with van der Waals surface area (Å²) < 4.78 is 10.3. The number of hydrogen-bond donors (Lipinski definition) is 1. The molecule has 0 amide bonds. The SMILES string of the molecule is COC(=O)c1cc(N)ccc1OCc1cc(Cl)ccc1Cl. The molecule has 21 heavy (non-hydrogen) atoms. The highest BCUT2D eigenvalue weighted by Gasteiger charge is 2.14. The number of nitrogens with two attached hydrogens (primary N) is 1. The van der Waals surface area contributed by atoms with Crippen LogP contribution in [0.25, 0.3) is 0 Å². The topological polar surface area (TPSA) is 61.5 Å². The average molecular weight is 326 g/mol. The first-order chi connectivity index (χ1) is 10.0. The third kappa shape index (κ3) is 3.80. The fourth-order valence-corrected chi connectivity index (χ4v) is 2.12. The van der Waals surface area contributed by atoms with Crippen molar-refractivity contribution in [3.05, 3.63) is 57.6 Å². The lowest BCUT2D eigenvalue weighted by atomic mass is 10.1. The highest BCUT2D eigenvalue weighted by molar-refractivity contribution is 6.33. The van der Waals surface area contributed by atoms with Gasteiger partial charge in [-0.3, -0.25) is 0 Å². The van der Waals surface area contributed by atoms with Gasteiger partial charge >= 0.3 is 5.97 Å². The van der Waals surface area contributed by atoms with Crippen LogP contribution in [0.4, 0.5) is 5.69 Å². The summed E-state index contributed by atoms with van der Waals surface area (Å²) in [5, 5.41) is 1.10. The molecule has 2 N–H and O–H groups in total. The maximum atomic E-state index is 11.7. The number of carbonyl (C=O) groups excluding carboxylic acids is 1. The van der Waals surface area contributed by atoms with Crippen molar-refractivity contribution >= 4 is 34.9 Å². The van der Waals surface area contributed by atoms with Gasteiger partial charge in [-0.05, 0) is 36.4 Å². The lowest BCUT2D eigenvalue weighted by Gasteiger charge is -2.12. The zero-order chi connectivity index (χ0) is 15.4. The third-order valence-electron chi connectivity index (χ3n) is 2.80. The third-order valence-corrected chi connectivity index (χ3v) is 3.40. The zero-order valence-corrected chi connectivity index (χ0v) is 12.7. The van der Waals surface area contributed by atoms with Crippen molar-refractivity contribution in [2.24, 2.45) is 0 Å². The fourth-order valence-electron chi connectivity index (χ4n) is 1.75. The van der Waals surface area contributed by atoms with Crippen molar-refractivity contribution in [2.45, 2.75) is 6.61 Å². The van der Waals surface area contributed by atoms with E-state index in [1.165, 1.54) is 13.2 Å². The number of hydrogen-bond acceptors (Lipinski definition) is 4. The average Bonchev–Trinajstić information content (AvgIpc) is 2.48. The number of anilines is 1. The van der Waals surface area contributed by atoms with E-state index in [-0.39, 0.29) is 12.2 Å². The monoisotopic (exact) mass is 325 g/mol. The van der Waals surface area contributed by atoms with E-state index in [0.717, 1.165) is 5.56 Å². The molecule has 0 aromatic heterocycles. The van der Waals surface area contributed by atoms with Gasteiger partial charge in [0, 0.05) is 21.3 Å². The highest BCUT2D eigenvalue weighted by atomic mass is 35.5. The molecule has 110 valence electrons. The van der Waals surface area contributed by atoms with Gasteiger partial charge in [-0.2, -0.15) is 0 Å². The van der Waals surface area contributed by atoms with E-state index >= 15 is 0 Å². The van der Waals surface area contributed by atoms with Gasteiger partial charge in [0.05, 0.1) is 7.11 Å². The molecule has 0 radical (unpaired) electrons. The number of benzene rings is 2. The first-order valence-electron chi connectivity index (χ1n) is 6.06. The molecule has 2 aromatic rings. The minimum absolute atomic E-state index is 0.174. The van der Waals surface area contributed by atoms with Crippen LogP contribution in [0.5, 0.6) is 5.75 Å². The minimum atomic E-state index is -0.519. The molecule has 0 atom stereocenters. The van der Waals surface area contributed by atoms with Crippen LogP contribution in [-0.2, 0) is 11.3 Å². The Hall–Kier alpha value is -1.91. The predicted octanol–water partition coefficient (Wildman–Crippen LogP) is 3.94. The number of halogens is 2. The van der Waals surface area contributed by atoms with Gasteiger partial charge < -0.3 is 15.2 Å². The Balaban J connectivity index is 2.24.